The molecule has 1 atom stereocenters. The van der Waals surface area contributed by atoms with Gasteiger partial charge in [0.2, 0.25) is 11.7 Å². The van der Waals surface area contributed by atoms with Crippen LogP contribution in [0.25, 0.3) is 0 Å². The van der Waals surface area contributed by atoms with E-state index in [1.807, 2.05) is 12.1 Å². The Labute approximate surface area is 201 Å². The Bertz CT molecular complexity index is 1330. The van der Waals surface area contributed by atoms with Crippen LogP contribution in [0.15, 0.2) is 60.7 Å². The molecule has 3 aromatic carbocycles. The predicted molar refractivity (Wildman–Crippen MR) is 128 cm³/mol. The maximum Gasteiger partial charge on any atom is 0.260 e. The van der Waals surface area contributed by atoms with Crippen LogP contribution in [0.5, 0.6) is 17.2 Å². The maximum absolute atomic E-state index is 13.5. The largest absolute Gasteiger partial charge is 0.493 e. The molecule has 178 valence electrons. The number of hydrogen-bond donors (Lipinski definition) is 1. The third-order valence-electron chi connectivity index (χ3n) is 6.15. The number of nitrogens with one attached hydrogen (secondary N) is 1. The molecule has 1 unspecified atom stereocenters. The van der Waals surface area contributed by atoms with Crippen LogP contribution >= 0.6 is 0 Å². The Morgan fingerprint density at radius 1 is 0.857 bits per heavy atom. The lowest BCUT2D eigenvalue weighted by atomic mass is 10.0. The predicted octanol–water partition coefficient (Wildman–Crippen LogP) is 3.47. The van der Waals surface area contributed by atoms with Crippen molar-refractivity contribution in [3.63, 3.8) is 0 Å². The van der Waals surface area contributed by atoms with E-state index in [2.05, 4.69) is 5.32 Å². The van der Waals surface area contributed by atoms with E-state index >= 15 is 0 Å². The fourth-order valence-electron chi connectivity index (χ4n) is 4.64. The highest BCUT2D eigenvalue weighted by molar-refractivity contribution is 6.17. The number of hydrogen-bond acceptors (Lipinski definition) is 6. The molecule has 0 aromatic heterocycles. The molecule has 0 radical (unpaired) electrons. The van der Waals surface area contributed by atoms with Crippen molar-refractivity contribution in [1.29, 1.82) is 0 Å². The molecule has 2 aliphatic rings. The molecule has 5 rings (SSSR count). The minimum Gasteiger partial charge on any atom is -0.493 e. The van der Waals surface area contributed by atoms with Crippen molar-refractivity contribution in [3.8, 4) is 17.2 Å². The SMILES string of the molecule is COc1cc(NC(=O)CN2C(=O)c3ccccc3N3C(=O)c4ccccc4C23)cc(OC)c1OC. The standard InChI is InChI=1S/C26H23N3O6/c1-33-20-12-15(13-21(34-2)23(20)35-3)27-22(30)14-28-24-16-8-4-5-9-17(16)26(32)29(24)19-11-7-6-10-18(19)25(28)31/h4-13,24H,14H2,1-3H3,(H,27,30). The van der Waals surface area contributed by atoms with Gasteiger partial charge >= 0.3 is 0 Å². The van der Waals surface area contributed by atoms with Gasteiger partial charge in [-0.05, 0) is 18.2 Å². The Hall–Kier alpha value is -4.53. The van der Waals surface area contributed by atoms with Crippen molar-refractivity contribution >= 4 is 29.1 Å². The van der Waals surface area contributed by atoms with Gasteiger partial charge in [0.05, 0.1) is 32.6 Å². The highest BCUT2D eigenvalue weighted by Gasteiger charge is 2.48. The number of fused-ring (bicyclic) bond motifs is 5. The minimum absolute atomic E-state index is 0.208. The first kappa shape index (κ1) is 22.3. The second kappa shape index (κ2) is 8.68. The van der Waals surface area contributed by atoms with Gasteiger partial charge in [-0.2, -0.15) is 0 Å². The van der Waals surface area contributed by atoms with Crippen molar-refractivity contribution in [1.82, 2.24) is 4.90 Å². The van der Waals surface area contributed by atoms with Crippen LogP contribution in [0.2, 0.25) is 0 Å². The first-order valence-electron chi connectivity index (χ1n) is 10.9. The average Bonchev–Trinajstić information content (AvgIpc) is 3.18. The Kier molecular flexibility index (Phi) is 5.52. The monoisotopic (exact) mass is 473 g/mol. The highest BCUT2D eigenvalue weighted by atomic mass is 16.5. The average molecular weight is 473 g/mol. The second-order valence-electron chi connectivity index (χ2n) is 8.05. The summed E-state index contributed by atoms with van der Waals surface area (Å²) < 4.78 is 16.0. The van der Waals surface area contributed by atoms with Crippen LogP contribution in [0.3, 0.4) is 0 Å². The molecule has 9 heteroatoms. The Morgan fingerprint density at radius 3 is 2.14 bits per heavy atom. The zero-order chi connectivity index (χ0) is 24.7. The van der Waals surface area contributed by atoms with Crippen molar-refractivity contribution < 1.29 is 28.6 Å². The zero-order valence-electron chi connectivity index (χ0n) is 19.4. The lowest BCUT2D eigenvalue weighted by Crippen LogP contribution is -2.50. The van der Waals surface area contributed by atoms with Crippen LogP contribution in [0.4, 0.5) is 11.4 Å². The van der Waals surface area contributed by atoms with Gasteiger partial charge in [0, 0.05) is 28.9 Å². The van der Waals surface area contributed by atoms with Crippen LogP contribution in [0.1, 0.15) is 32.4 Å². The van der Waals surface area contributed by atoms with Gasteiger partial charge in [0.15, 0.2) is 11.5 Å². The fraction of sp³-hybridized carbons (Fsp3) is 0.192. The van der Waals surface area contributed by atoms with Gasteiger partial charge in [-0.3, -0.25) is 19.3 Å². The number of ether oxygens (including phenoxy) is 3. The Balaban J connectivity index is 1.49. The number of carbonyl (C=O) groups is 3. The number of rotatable bonds is 6. The van der Waals surface area contributed by atoms with E-state index in [9.17, 15) is 14.4 Å². The van der Waals surface area contributed by atoms with Gasteiger partial charge in [0.25, 0.3) is 11.8 Å². The number of benzene rings is 3. The fourth-order valence-corrected chi connectivity index (χ4v) is 4.64. The Morgan fingerprint density at radius 2 is 1.49 bits per heavy atom. The molecule has 0 bridgehead atoms. The van der Waals surface area contributed by atoms with Gasteiger partial charge in [-0.15, -0.1) is 0 Å². The van der Waals surface area contributed by atoms with Crippen molar-refractivity contribution in [2.75, 3.05) is 38.1 Å². The molecule has 0 saturated carbocycles. The van der Waals surface area contributed by atoms with Crippen molar-refractivity contribution in [2.45, 2.75) is 6.17 Å². The lowest BCUT2D eigenvalue weighted by molar-refractivity contribution is -0.117. The van der Waals surface area contributed by atoms with Gasteiger partial charge in [-0.1, -0.05) is 30.3 Å². The molecule has 0 fully saturated rings. The second-order valence-corrected chi connectivity index (χ2v) is 8.05. The van der Waals surface area contributed by atoms with E-state index in [1.165, 1.54) is 26.2 Å². The topological polar surface area (TPSA) is 97.4 Å². The summed E-state index contributed by atoms with van der Waals surface area (Å²) in [6.07, 6.45) is -0.716. The number of nitrogens with zero attached hydrogens (tertiary/aromatic N) is 2. The van der Waals surface area contributed by atoms with E-state index in [-0.39, 0.29) is 18.4 Å². The highest BCUT2D eigenvalue weighted by Crippen LogP contribution is 2.45. The maximum atomic E-state index is 13.5. The van der Waals surface area contributed by atoms with Crippen LogP contribution in [-0.2, 0) is 4.79 Å². The number of anilines is 2. The molecule has 0 spiro atoms. The summed E-state index contributed by atoms with van der Waals surface area (Å²) in [6.45, 7) is -0.271. The number of para-hydroxylation sites is 1. The molecule has 1 N–H and O–H groups in total. The molecular weight excluding hydrogens is 450 g/mol. The quantitative estimate of drug-likeness (QED) is 0.589. The van der Waals surface area contributed by atoms with E-state index in [0.29, 0.717) is 45.3 Å². The summed E-state index contributed by atoms with van der Waals surface area (Å²) in [5.41, 5.74) is 2.50. The molecule has 3 amide bonds. The number of methoxy groups -OCH3 is 3. The van der Waals surface area contributed by atoms with Crippen molar-refractivity contribution in [2.24, 2.45) is 0 Å². The smallest absolute Gasteiger partial charge is 0.260 e. The number of carbonyl (C=O) groups excluding carboxylic acids is 3. The summed E-state index contributed by atoms with van der Waals surface area (Å²) in [5.74, 6) is 0.182. The van der Waals surface area contributed by atoms with E-state index in [4.69, 9.17) is 14.2 Å². The molecule has 35 heavy (non-hydrogen) atoms. The molecule has 2 heterocycles. The van der Waals surface area contributed by atoms with Gasteiger partial charge in [-0.25, -0.2) is 0 Å². The summed E-state index contributed by atoms with van der Waals surface area (Å²) >= 11 is 0. The molecular formula is C26H23N3O6. The first-order chi connectivity index (χ1) is 17.0. The summed E-state index contributed by atoms with van der Waals surface area (Å²) in [4.78, 5) is 42.9. The summed E-state index contributed by atoms with van der Waals surface area (Å²) in [5, 5.41) is 2.80. The van der Waals surface area contributed by atoms with E-state index in [1.54, 1.807) is 53.4 Å². The van der Waals surface area contributed by atoms with Crippen LogP contribution in [-0.4, -0.2) is 50.5 Å². The molecule has 0 saturated heterocycles. The van der Waals surface area contributed by atoms with Crippen molar-refractivity contribution in [3.05, 3.63) is 77.4 Å². The zero-order valence-corrected chi connectivity index (χ0v) is 19.4. The first-order valence-corrected chi connectivity index (χ1v) is 10.9. The molecule has 3 aromatic rings. The normalized spacial score (nSPS) is 15.8. The molecule has 2 aliphatic heterocycles. The number of amides is 3. The third kappa shape index (κ3) is 3.52. The van der Waals surface area contributed by atoms with E-state index < -0.39 is 12.1 Å². The van der Waals surface area contributed by atoms with E-state index in [0.717, 1.165) is 0 Å². The summed E-state index contributed by atoms with van der Waals surface area (Å²) in [7, 11) is 4.46. The summed E-state index contributed by atoms with van der Waals surface area (Å²) in [6, 6.07) is 17.3. The third-order valence-corrected chi connectivity index (χ3v) is 6.15. The molecule has 9 nitrogen and oxygen atoms in total. The molecule has 0 aliphatic carbocycles. The lowest BCUT2D eigenvalue weighted by Gasteiger charge is -2.40. The van der Waals surface area contributed by atoms with Gasteiger partial charge in [0.1, 0.15) is 12.7 Å². The van der Waals surface area contributed by atoms with Crippen LogP contribution < -0.4 is 24.4 Å². The van der Waals surface area contributed by atoms with Crippen LogP contribution in [0, 0.1) is 0 Å². The minimum atomic E-state index is -0.716. The van der Waals surface area contributed by atoms with Gasteiger partial charge < -0.3 is 24.4 Å².